The fourth-order valence-electron chi connectivity index (χ4n) is 3.97. The molecule has 2 bridgehead atoms. The Bertz CT molecular complexity index is 795. The summed E-state index contributed by atoms with van der Waals surface area (Å²) in [6, 6.07) is 16.2. The number of benzene rings is 2. The minimum atomic E-state index is -0.188. The molecule has 148 valence electrons. The highest BCUT2D eigenvalue weighted by Crippen LogP contribution is 2.34. The van der Waals surface area contributed by atoms with Gasteiger partial charge in [0, 0.05) is 18.8 Å². The van der Waals surface area contributed by atoms with Crippen molar-refractivity contribution in [1.29, 1.82) is 0 Å². The van der Waals surface area contributed by atoms with Gasteiger partial charge in [0.15, 0.2) is 0 Å². The van der Waals surface area contributed by atoms with E-state index in [1.807, 2.05) is 30.3 Å². The average Bonchev–Trinajstić information content (AvgIpc) is 2.70. The van der Waals surface area contributed by atoms with E-state index in [-0.39, 0.29) is 11.7 Å². The summed E-state index contributed by atoms with van der Waals surface area (Å²) in [6.45, 7) is 2.31. The van der Waals surface area contributed by atoms with Gasteiger partial charge in [-0.15, -0.1) is 0 Å². The number of ketones is 2. The summed E-state index contributed by atoms with van der Waals surface area (Å²) in [5, 5.41) is 0. The predicted octanol–water partition coefficient (Wildman–Crippen LogP) is 5.45. The number of fused-ring (bicyclic) bond motifs is 2. The molecule has 0 aromatic heterocycles. The number of hydrogen-bond acceptors (Lipinski definition) is 3. The molecule has 0 N–H and O–H groups in total. The van der Waals surface area contributed by atoms with Gasteiger partial charge < -0.3 is 9.53 Å². The van der Waals surface area contributed by atoms with Crippen LogP contribution in [0.1, 0.15) is 68.1 Å². The van der Waals surface area contributed by atoms with Gasteiger partial charge in [-0.05, 0) is 55.4 Å². The zero-order chi connectivity index (χ0) is 19.8. The summed E-state index contributed by atoms with van der Waals surface area (Å²) in [4.78, 5) is 24.9. The smallest absolute Gasteiger partial charge is 0.140 e. The number of ether oxygens (including phenoxy) is 1. The zero-order valence-electron chi connectivity index (χ0n) is 16.8. The Morgan fingerprint density at radius 3 is 2.57 bits per heavy atom. The Labute approximate surface area is 168 Å². The average molecular weight is 379 g/mol. The van der Waals surface area contributed by atoms with Crippen LogP contribution in [-0.4, -0.2) is 18.2 Å². The molecule has 1 aliphatic rings. The largest absolute Gasteiger partial charge is 0.493 e. The Hall–Kier alpha value is -2.42. The van der Waals surface area contributed by atoms with Crippen molar-refractivity contribution in [1.82, 2.24) is 0 Å². The molecule has 2 aromatic rings. The van der Waals surface area contributed by atoms with E-state index in [1.165, 1.54) is 0 Å². The van der Waals surface area contributed by atoms with Crippen molar-refractivity contribution in [3.8, 4) is 5.75 Å². The molecule has 1 aliphatic heterocycles. The van der Waals surface area contributed by atoms with E-state index in [0.29, 0.717) is 38.1 Å². The first-order valence-corrected chi connectivity index (χ1v) is 10.5. The first-order valence-electron chi connectivity index (χ1n) is 10.5. The first-order chi connectivity index (χ1) is 13.6. The van der Waals surface area contributed by atoms with Crippen LogP contribution in [0.2, 0.25) is 0 Å². The van der Waals surface area contributed by atoms with Crippen molar-refractivity contribution < 1.29 is 14.3 Å². The molecule has 3 heteroatoms. The van der Waals surface area contributed by atoms with Gasteiger partial charge in [0.2, 0.25) is 0 Å². The molecule has 1 heterocycles. The zero-order valence-corrected chi connectivity index (χ0v) is 16.8. The van der Waals surface area contributed by atoms with Crippen molar-refractivity contribution in [2.75, 3.05) is 6.61 Å². The lowest BCUT2D eigenvalue weighted by Gasteiger charge is -2.23. The molecule has 0 spiro atoms. The minimum absolute atomic E-state index is 0.160. The summed E-state index contributed by atoms with van der Waals surface area (Å²) in [7, 11) is 0. The molecular formula is C25H30O3. The van der Waals surface area contributed by atoms with E-state index in [1.54, 1.807) is 6.92 Å². The highest BCUT2D eigenvalue weighted by Gasteiger charge is 2.25. The number of rotatable bonds is 5. The summed E-state index contributed by atoms with van der Waals surface area (Å²) < 4.78 is 6.09. The van der Waals surface area contributed by atoms with Crippen LogP contribution in [-0.2, 0) is 22.4 Å². The normalized spacial score (nSPS) is 17.9. The number of hydrogen-bond donors (Lipinski definition) is 0. The Balaban J connectivity index is 2.01. The molecule has 1 atom stereocenters. The van der Waals surface area contributed by atoms with Gasteiger partial charge in [0.1, 0.15) is 17.3 Å². The molecule has 0 radical (unpaired) electrons. The van der Waals surface area contributed by atoms with Crippen molar-refractivity contribution >= 4 is 11.6 Å². The topological polar surface area (TPSA) is 43.4 Å². The van der Waals surface area contributed by atoms with E-state index in [0.717, 1.165) is 48.1 Å². The summed E-state index contributed by atoms with van der Waals surface area (Å²) >= 11 is 0. The molecular weight excluding hydrogens is 348 g/mol. The molecule has 3 nitrogen and oxygen atoms in total. The van der Waals surface area contributed by atoms with Crippen molar-refractivity contribution in [3.63, 3.8) is 0 Å². The van der Waals surface area contributed by atoms with Crippen LogP contribution >= 0.6 is 0 Å². The maximum atomic E-state index is 13.2. The fraction of sp³-hybridized carbons (Fsp3) is 0.440. The lowest BCUT2D eigenvalue weighted by atomic mass is 9.82. The van der Waals surface area contributed by atoms with Crippen molar-refractivity contribution in [2.24, 2.45) is 0 Å². The first kappa shape index (κ1) is 20.3. The van der Waals surface area contributed by atoms with Crippen LogP contribution in [0.15, 0.2) is 48.5 Å². The van der Waals surface area contributed by atoms with Gasteiger partial charge in [0.05, 0.1) is 6.61 Å². The second-order valence-electron chi connectivity index (χ2n) is 7.75. The number of carbonyl (C=O) groups excluding carboxylic acids is 2. The van der Waals surface area contributed by atoms with E-state index in [2.05, 4.69) is 18.2 Å². The molecule has 0 aliphatic carbocycles. The Morgan fingerprint density at radius 2 is 1.79 bits per heavy atom. The second-order valence-corrected chi connectivity index (χ2v) is 7.75. The van der Waals surface area contributed by atoms with Gasteiger partial charge in [-0.25, -0.2) is 0 Å². The van der Waals surface area contributed by atoms with Gasteiger partial charge in [-0.3, -0.25) is 4.79 Å². The van der Waals surface area contributed by atoms with Gasteiger partial charge >= 0.3 is 0 Å². The Kier molecular flexibility index (Phi) is 7.41. The van der Waals surface area contributed by atoms with Gasteiger partial charge in [-0.1, -0.05) is 55.3 Å². The van der Waals surface area contributed by atoms with Gasteiger partial charge in [0.25, 0.3) is 0 Å². The van der Waals surface area contributed by atoms with Crippen molar-refractivity contribution in [2.45, 2.75) is 64.2 Å². The molecule has 3 rings (SSSR count). The molecule has 0 fully saturated rings. The maximum Gasteiger partial charge on any atom is 0.140 e. The van der Waals surface area contributed by atoms with Gasteiger partial charge in [-0.2, -0.15) is 0 Å². The van der Waals surface area contributed by atoms with E-state index in [4.69, 9.17) is 4.74 Å². The summed E-state index contributed by atoms with van der Waals surface area (Å²) in [5.41, 5.74) is 3.23. The lowest BCUT2D eigenvalue weighted by molar-refractivity contribution is -0.120. The van der Waals surface area contributed by atoms with Crippen LogP contribution in [0.25, 0.3) is 0 Å². The lowest BCUT2D eigenvalue weighted by Crippen LogP contribution is -2.18. The van der Waals surface area contributed by atoms with Crippen LogP contribution in [0.3, 0.4) is 0 Å². The van der Waals surface area contributed by atoms with Crippen molar-refractivity contribution in [3.05, 3.63) is 65.2 Å². The second kappa shape index (κ2) is 10.2. The van der Waals surface area contributed by atoms with Crippen LogP contribution in [0.4, 0.5) is 0 Å². The monoisotopic (exact) mass is 378 g/mol. The third-order valence-corrected chi connectivity index (χ3v) is 5.52. The fourth-order valence-corrected chi connectivity index (χ4v) is 3.97. The Morgan fingerprint density at radius 1 is 1.00 bits per heavy atom. The third kappa shape index (κ3) is 5.54. The number of Topliss-reactive ketones (excluding diaryl/α,β-unsaturated/α-hetero) is 2. The quantitative estimate of drug-likeness (QED) is 0.695. The standard InChI is InChI=1S/C25H30O3/c1-19(26)15-16-22-21-12-9-14-25(22)28-17-8-3-2-7-13-24(27)23(21)18-20-10-5-4-6-11-20/h4-6,9-12,14,23H,2-3,7-8,13,15-18H2,1H3/t23-/m0/s1. The molecule has 0 saturated heterocycles. The summed E-state index contributed by atoms with van der Waals surface area (Å²) in [6.07, 6.45) is 6.49. The molecule has 0 saturated carbocycles. The van der Waals surface area contributed by atoms with E-state index < -0.39 is 0 Å². The molecule has 2 aromatic carbocycles. The van der Waals surface area contributed by atoms with Crippen LogP contribution in [0.5, 0.6) is 5.75 Å². The third-order valence-electron chi connectivity index (χ3n) is 5.52. The minimum Gasteiger partial charge on any atom is -0.493 e. The summed E-state index contributed by atoms with van der Waals surface area (Å²) in [5.74, 6) is 1.11. The number of carbonyl (C=O) groups is 2. The maximum absolute atomic E-state index is 13.2. The van der Waals surface area contributed by atoms with E-state index in [9.17, 15) is 9.59 Å². The van der Waals surface area contributed by atoms with Crippen LogP contribution < -0.4 is 4.74 Å². The molecule has 0 unspecified atom stereocenters. The SMILES string of the molecule is CC(=O)CCc1c2cccc1[C@H](Cc1ccccc1)C(=O)CCCCCCO2. The highest BCUT2D eigenvalue weighted by molar-refractivity contribution is 5.87. The highest BCUT2D eigenvalue weighted by atomic mass is 16.5. The van der Waals surface area contributed by atoms with E-state index >= 15 is 0 Å². The molecule has 0 amide bonds. The molecule has 28 heavy (non-hydrogen) atoms. The predicted molar refractivity (Wildman–Crippen MR) is 112 cm³/mol. The van der Waals surface area contributed by atoms with Crippen LogP contribution in [0, 0.1) is 0 Å².